The molecule has 18 heavy (non-hydrogen) atoms. The first-order chi connectivity index (χ1) is 8.68. The first-order valence-electron chi connectivity index (χ1n) is 6.13. The van der Waals surface area contributed by atoms with Crippen LogP contribution in [0.3, 0.4) is 0 Å². The molecule has 0 fully saturated rings. The molecule has 98 valence electrons. The molecular weight excluding hydrogens is 228 g/mol. The maximum atomic E-state index is 10.7. The third kappa shape index (κ3) is 3.77. The number of aromatic carboxylic acids is 1. The van der Waals surface area contributed by atoms with E-state index in [0.29, 0.717) is 0 Å². The summed E-state index contributed by atoms with van der Waals surface area (Å²) in [5, 5.41) is 19.8. The maximum absolute atomic E-state index is 10.7. The van der Waals surface area contributed by atoms with Gasteiger partial charge in [0.2, 0.25) is 0 Å². The van der Waals surface area contributed by atoms with Crippen molar-refractivity contribution in [1.82, 2.24) is 0 Å². The third-order valence-electron chi connectivity index (χ3n) is 2.09. The number of benzene rings is 2. The van der Waals surface area contributed by atoms with Crippen molar-refractivity contribution in [3.8, 4) is 5.75 Å². The van der Waals surface area contributed by atoms with Crippen LogP contribution >= 0.6 is 0 Å². The van der Waals surface area contributed by atoms with Crippen LogP contribution in [0.15, 0.2) is 36.4 Å². The Labute approximate surface area is 108 Å². The Morgan fingerprint density at radius 3 is 1.83 bits per heavy atom. The lowest BCUT2D eigenvalue weighted by Gasteiger charge is -2.02. The van der Waals surface area contributed by atoms with E-state index in [1.54, 1.807) is 6.07 Å². The molecule has 0 aliphatic heterocycles. The first-order valence-corrected chi connectivity index (χ1v) is 6.13. The number of hydrogen-bond acceptors (Lipinski definition) is 2. The second-order valence-electron chi connectivity index (χ2n) is 3.02. The van der Waals surface area contributed by atoms with Crippen LogP contribution in [0.4, 0.5) is 0 Å². The predicted octanol–water partition coefficient (Wildman–Crippen LogP) is 4.30. The maximum Gasteiger partial charge on any atom is 0.339 e. The van der Waals surface area contributed by atoms with Crippen LogP contribution in [-0.4, -0.2) is 16.2 Å². The highest BCUT2D eigenvalue weighted by molar-refractivity contribution is 5.97. The zero-order valence-electron chi connectivity index (χ0n) is 11.3. The molecule has 0 bridgehead atoms. The Hall–Kier alpha value is -2.03. The third-order valence-corrected chi connectivity index (χ3v) is 2.09. The van der Waals surface area contributed by atoms with Crippen molar-refractivity contribution in [3.63, 3.8) is 0 Å². The Bertz CT molecular complexity index is 504. The molecule has 3 nitrogen and oxygen atoms in total. The van der Waals surface area contributed by atoms with E-state index in [1.807, 2.05) is 45.9 Å². The Balaban J connectivity index is 0.000000659. The van der Waals surface area contributed by atoms with E-state index < -0.39 is 5.97 Å². The molecule has 0 saturated heterocycles. The molecule has 0 aromatic heterocycles. The van der Waals surface area contributed by atoms with Crippen molar-refractivity contribution in [1.29, 1.82) is 0 Å². The van der Waals surface area contributed by atoms with Gasteiger partial charge in [0.15, 0.2) is 0 Å². The van der Waals surface area contributed by atoms with E-state index in [4.69, 9.17) is 5.11 Å². The van der Waals surface area contributed by atoms with Crippen LogP contribution in [0.25, 0.3) is 10.8 Å². The van der Waals surface area contributed by atoms with Crippen molar-refractivity contribution < 1.29 is 15.0 Å². The SMILES string of the molecule is CC.CC.O=C(O)c1cc2ccccc2cc1O. The van der Waals surface area contributed by atoms with E-state index in [0.717, 1.165) is 10.8 Å². The highest BCUT2D eigenvalue weighted by atomic mass is 16.4. The number of aromatic hydroxyl groups is 1. The van der Waals surface area contributed by atoms with Gasteiger partial charge in [0, 0.05) is 0 Å². The smallest absolute Gasteiger partial charge is 0.339 e. The van der Waals surface area contributed by atoms with Crippen LogP contribution < -0.4 is 0 Å². The lowest BCUT2D eigenvalue weighted by Crippen LogP contribution is -1.96. The molecule has 0 amide bonds. The number of carboxylic acid groups (broad SMARTS) is 1. The average molecular weight is 248 g/mol. The molecular formula is C15H20O3. The zero-order chi connectivity index (χ0) is 14.1. The number of phenols is 1. The molecule has 0 saturated carbocycles. The minimum atomic E-state index is -1.12. The van der Waals surface area contributed by atoms with Gasteiger partial charge >= 0.3 is 5.97 Å². The largest absolute Gasteiger partial charge is 0.507 e. The fraction of sp³-hybridized carbons (Fsp3) is 0.267. The van der Waals surface area contributed by atoms with E-state index in [1.165, 1.54) is 12.1 Å². The molecule has 0 heterocycles. The van der Waals surface area contributed by atoms with Gasteiger partial charge in [-0.1, -0.05) is 52.0 Å². The van der Waals surface area contributed by atoms with Gasteiger partial charge in [-0.05, 0) is 22.9 Å². The van der Waals surface area contributed by atoms with Gasteiger partial charge in [0.05, 0.1) is 0 Å². The van der Waals surface area contributed by atoms with Gasteiger partial charge in [0.1, 0.15) is 11.3 Å². The number of rotatable bonds is 1. The molecule has 0 aliphatic rings. The van der Waals surface area contributed by atoms with E-state index in [2.05, 4.69) is 0 Å². The van der Waals surface area contributed by atoms with Gasteiger partial charge in [-0.25, -0.2) is 4.79 Å². The van der Waals surface area contributed by atoms with Crippen LogP contribution in [0.1, 0.15) is 38.1 Å². The molecule has 0 aliphatic carbocycles. The van der Waals surface area contributed by atoms with Crippen molar-refractivity contribution in [2.24, 2.45) is 0 Å². The summed E-state index contributed by atoms with van der Waals surface area (Å²) in [6.07, 6.45) is 0. The van der Waals surface area contributed by atoms with E-state index >= 15 is 0 Å². The summed E-state index contributed by atoms with van der Waals surface area (Å²) >= 11 is 0. The van der Waals surface area contributed by atoms with Crippen LogP contribution in [0, 0.1) is 0 Å². The molecule has 0 radical (unpaired) electrons. The van der Waals surface area contributed by atoms with Crippen molar-refractivity contribution in [2.75, 3.05) is 0 Å². The van der Waals surface area contributed by atoms with Crippen LogP contribution in [0.2, 0.25) is 0 Å². The fourth-order valence-corrected chi connectivity index (χ4v) is 1.40. The lowest BCUT2D eigenvalue weighted by molar-refractivity contribution is 0.0694. The summed E-state index contributed by atoms with van der Waals surface area (Å²) in [5.74, 6) is -1.32. The number of carbonyl (C=O) groups is 1. The second-order valence-corrected chi connectivity index (χ2v) is 3.02. The predicted molar refractivity (Wildman–Crippen MR) is 75.3 cm³/mol. The summed E-state index contributed by atoms with van der Waals surface area (Å²) < 4.78 is 0. The summed E-state index contributed by atoms with van der Waals surface area (Å²) in [6.45, 7) is 8.00. The molecule has 2 rings (SSSR count). The first kappa shape index (κ1) is 16.0. The lowest BCUT2D eigenvalue weighted by atomic mass is 10.1. The minimum absolute atomic E-state index is 0.0660. The normalized spacial score (nSPS) is 8.67. The Kier molecular flexibility index (Phi) is 7.20. The van der Waals surface area contributed by atoms with Gasteiger partial charge in [-0.15, -0.1) is 0 Å². The topological polar surface area (TPSA) is 57.5 Å². The quantitative estimate of drug-likeness (QED) is 0.791. The summed E-state index contributed by atoms with van der Waals surface area (Å²) in [4.78, 5) is 10.7. The van der Waals surface area contributed by atoms with Crippen molar-refractivity contribution in [2.45, 2.75) is 27.7 Å². The van der Waals surface area contributed by atoms with Gasteiger partial charge < -0.3 is 10.2 Å². The molecule has 2 aromatic carbocycles. The fourth-order valence-electron chi connectivity index (χ4n) is 1.40. The molecule has 0 atom stereocenters. The van der Waals surface area contributed by atoms with E-state index in [-0.39, 0.29) is 11.3 Å². The molecule has 0 spiro atoms. The monoisotopic (exact) mass is 248 g/mol. The van der Waals surface area contributed by atoms with Gasteiger partial charge in [-0.2, -0.15) is 0 Å². The highest BCUT2D eigenvalue weighted by Crippen LogP contribution is 2.24. The molecule has 2 N–H and O–H groups in total. The zero-order valence-corrected chi connectivity index (χ0v) is 11.3. The molecule has 0 unspecified atom stereocenters. The van der Waals surface area contributed by atoms with Gasteiger partial charge in [0.25, 0.3) is 0 Å². The second kappa shape index (κ2) is 8.12. The Morgan fingerprint density at radius 1 is 0.944 bits per heavy atom. The molecule has 3 heteroatoms. The minimum Gasteiger partial charge on any atom is -0.507 e. The van der Waals surface area contributed by atoms with Crippen LogP contribution in [-0.2, 0) is 0 Å². The number of fused-ring (bicyclic) bond motifs is 1. The van der Waals surface area contributed by atoms with Crippen molar-refractivity contribution >= 4 is 16.7 Å². The van der Waals surface area contributed by atoms with Crippen molar-refractivity contribution in [3.05, 3.63) is 42.0 Å². The van der Waals surface area contributed by atoms with Gasteiger partial charge in [-0.3, -0.25) is 0 Å². The molecule has 2 aromatic rings. The highest BCUT2D eigenvalue weighted by Gasteiger charge is 2.09. The standard InChI is InChI=1S/C11H8O3.2C2H6/c12-10-6-8-4-2-1-3-7(8)5-9(10)11(13)14;2*1-2/h1-6,12H,(H,13,14);2*1-2H3. The van der Waals surface area contributed by atoms with Crippen LogP contribution in [0.5, 0.6) is 5.75 Å². The van der Waals surface area contributed by atoms with E-state index in [9.17, 15) is 9.90 Å². The number of hydrogen-bond donors (Lipinski definition) is 2. The summed E-state index contributed by atoms with van der Waals surface area (Å²) in [7, 11) is 0. The summed E-state index contributed by atoms with van der Waals surface area (Å²) in [6, 6.07) is 10.2. The average Bonchev–Trinajstić information content (AvgIpc) is 2.42. The Morgan fingerprint density at radius 2 is 1.39 bits per heavy atom. The number of carboxylic acids is 1. The summed E-state index contributed by atoms with van der Waals surface area (Å²) in [5.41, 5.74) is -0.0660.